The summed E-state index contributed by atoms with van der Waals surface area (Å²) in [5.41, 5.74) is 0.0966. The Bertz CT molecular complexity index is 635. The van der Waals surface area contributed by atoms with Crippen LogP contribution >= 0.6 is 11.6 Å². The van der Waals surface area contributed by atoms with Gasteiger partial charge in [0.15, 0.2) is 0 Å². The fourth-order valence-corrected chi connectivity index (χ4v) is 1.60. The van der Waals surface area contributed by atoms with E-state index in [1.807, 2.05) is 0 Å². The first-order valence-corrected chi connectivity index (χ1v) is 5.44. The number of benzene rings is 1. The van der Waals surface area contributed by atoms with Crippen LogP contribution in [0.2, 0.25) is 5.02 Å². The summed E-state index contributed by atoms with van der Waals surface area (Å²) in [6.45, 7) is 0.0721. The van der Waals surface area contributed by atoms with Gasteiger partial charge in [-0.2, -0.15) is 0 Å². The summed E-state index contributed by atoms with van der Waals surface area (Å²) in [7, 11) is 0. The lowest BCUT2D eigenvalue weighted by Gasteiger charge is -2.06. The number of aromatic amines is 2. The average molecular weight is 270 g/mol. The van der Waals surface area contributed by atoms with Gasteiger partial charge >= 0.3 is 5.69 Å². The maximum absolute atomic E-state index is 13.1. The van der Waals surface area contributed by atoms with E-state index in [9.17, 15) is 14.0 Å². The number of H-pyrrole nitrogens is 2. The standard InChI is InChI=1S/C11H9ClFN3O2/c12-9-6(2-1-3-7(9)13)4-14-10(17)8-5-15-11(18)16-8/h1-3,5H,4H2,(H,14,17)(H2,15,16,18). The molecule has 94 valence electrons. The van der Waals surface area contributed by atoms with Crippen molar-refractivity contribution >= 4 is 17.5 Å². The van der Waals surface area contributed by atoms with Crippen molar-refractivity contribution in [2.24, 2.45) is 0 Å². The van der Waals surface area contributed by atoms with Crippen LogP contribution in [0.15, 0.2) is 29.2 Å². The number of imidazole rings is 1. The van der Waals surface area contributed by atoms with Gasteiger partial charge in [-0.3, -0.25) is 4.79 Å². The zero-order chi connectivity index (χ0) is 13.1. The molecule has 1 heterocycles. The summed E-state index contributed by atoms with van der Waals surface area (Å²) < 4.78 is 13.1. The number of carbonyl (C=O) groups excluding carboxylic acids is 1. The van der Waals surface area contributed by atoms with Crippen molar-refractivity contribution in [3.63, 3.8) is 0 Å². The summed E-state index contributed by atoms with van der Waals surface area (Å²) >= 11 is 5.74. The van der Waals surface area contributed by atoms with Gasteiger partial charge in [-0.1, -0.05) is 23.7 Å². The number of hydrogen-bond acceptors (Lipinski definition) is 2. The van der Waals surface area contributed by atoms with Gasteiger partial charge in [-0.25, -0.2) is 9.18 Å². The van der Waals surface area contributed by atoms with Gasteiger partial charge < -0.3 is 15.3 Å². The van der Waals surface area contributed by atoms with Crippen molar-refractivity contribution < 1.29 is 9.18 Å². The van der Waals surface area contributed by atoms with Gasteiger partial charge in [0.1, 0.15) is 11.5 Å². The molecule has 0 aliphatic rings. The molecule has 0 atom stereocenters. The zero-order valence-corrected chi connectivity index (χ0v) is 9.84. The molecule has 0 radical (unpaired) electrons. The highest BCUT2D eigenvalue weighted by Crippen LogP contribution is 2.19. The summed E-state index contributed by atoms with van der Waals surface area (Å²) in [6.07, 6.45) is 1.25. The maximum atomic E-state index is 13.1. The Morgan fingerprint density at radius 1 is 1.44 bits per heavy atom. The number of amides is 1. The van der Waals surface area contributed by atoms with Crippen LogP contribution in [0.4, 0.5) is 4.39 Å². The second-order valence-electron chi connectivity index (χ2n) is 3.55. The van der Waals surface area contributed by atoms with Crippen LogP contribution in [0.5, 0.6) is 0 Å². The largest absolute Gasteiger partial charge is 0.347 e. The first-order chi connectivity index (χ1) is 8.58. The van der Waals surface area contributed by atoms with Crippen molar-refractivity contribution in [2.45, 2.75) is 6.54 Å². The van der Waals surface area contributed by atoms with Crippen molar-refractivity contribution in [3.05, 3.63) is 57.0 Å². The quantitative estimate of drug-likeness (QED) is 0.788. The Kier molecular flexibility index (Phi) is 3.47. The topological polar surface area (TPSA) is 77.8 Å². The molecule has 0 saturated heterocycles. The van der Waals surface area contributed by atoms with E-state index >= 15 is 0 Å². The summed E-state index contributed by atoms with van der Waals surface area (Å²) in [6, 6.07) is 4.34. The van der Waals surface area contributed by atoms with E-state index in [1.165, 1.54) is 18.3 Å². The Hall–Kier alpha value is -2.08. The van der Waals surface area contributed by atoms with Crippen molar-refractivity contribution in [1.82, 2.24) is 15.3 Å². The lowest BCUT2D eigenvalue weighted by Crippen LogP contribution is -2.24. The first-order valence-electron chi connectivity index (χ1n) is 5.06. The van der Waals surface area contributed by atoms with Crippen LogP contribution in [0.3, 0.4) is 0 Å². The van der Waals surface area contributed by atoms with E-state index in [-0.39, 0.29) is 17.3 Å². The molecule has 5 nitrogen and oxygen atoms in total. The lowest BCUT2D eigenvalue weighted by molar-refractivity contribution is 0.0946. The monoisotopic (exact) mass is 269 g/mol. The van der Waals surface area contributed by atoms with Gasteiger partial charge in [0.2, 0.25) is 0 Å². The molecule has 0 aliphatic heterocycles. The molecule has 0 unspecified atom stereocenters. The SMILES string of the molecule is O=C(NCc1cccc(F)c1Cl)c1c[nH]c(=O)[nH]1. The fourth-order valence-electron chi connectivity index (χ4n) is 1.41. The molecule has 2 aromatic rings. The smallest absolute Gasteiger partial charge is 0.323 e. The Labute approximate surface area is 106 Å². The van der Waals surface area contributed by atoms with Crippen LogP contribution in [0.1, 0.15) is 16.1 Å². The molecule has 0 saturated carbocycles. The number of aromatic nitrogens is 2. The average Bonchev–Trinajstić information content (AvgIpc) is 2.77. The van der Waals surface area contributed by atoms with E-state index in [1.54, 1.807) is 6.07 Å². The second-order valence-corrected chi connectivity index (χ2v) is 3.93. The van der Waals surface area contributed by atoms with Gasteiger partial charge in [-0.15, -0.1) is 0 Å². The van der Waals surface area contributed by atoms with E-state index < -0.39 is 17.4 Å². The van der Waals surface area contributed by atoms with E-state index in [4.69, 9.17) is 11.6 Å². The Morgan fingerprint density at radius 3 is 2.89 bits per heavy atom. The van der Waals surface area contributed by atoms with Crippen LogP contribution in [-0.4, -0.2) is 15.9 Å². The highest BCUT2D eigenvalue weighted by atomic mass is 35.5. The van der Waals surface area contributed by atoms with Crippen LogP contribution < -0.4 is 11.0 Å². The molecule has 0 bridgehead atoms. The van der Waals surface area contributed by atoms with Crippen LogP contribution in [0.25, 0.3) is 0 Å². The third kappa shape index (κ3) is 2.60. The van der Waals surface area contributed by atoms with Gasteiger partial charge in [-0.05, 0) is 11.6 Å². The molecule has 1 aromatic heterocycles. The molecule has 3 N–H and O–H groups in total. The Morgan fingerprint density at radius 2 is 2.22 bits per heavy atom. The van der Waals surface area contributed by atoms with Crippen molar-refractivity contribution in [1.29, 1.82) is 0 Å². The molecule has 2 rings (SSSR count). The molecule has 0 fully saturated rings. The summed E-state index contributed by atoms with van der Waals surface area (Å²) in [5.74, 6) is -1.02. The third-order valence-corrected chi connectivity index (χ3v) is 2.73. The molecular formula is C11H9ClFN3O2. The molecular weight excluding hydrogens is 261 g/mol. The second kappa shape index (κ2) is 5.05. The van der Waals surface area contributed by atoms with E-state index in [0.717, 1.165) is 0 Å². The fraction of sp³-hybridized carbons (Fsp3) is 0.0909. The zero-order valence-electron chi connectivity index (χ0n) is 9.09. The van der Waals surface area contributed by atoms with E-state index in [0.29, 0.717) is 5.56 Å². The van der Waals surface area contributed by atoms with Gasteiger partial charge in [0.25, 0.3) is 5.91 Å². The van der Waals surface area contributed by atoms with Crippen LogP contribution in [-0.2, 0) is 6.54 Å². The number of carbonyl (C=O) groups is 1. The molecule has 0 aliphatic carbocycles. The molecule has 7 heteroatoms. The minimum absolute atomic E-state index is 0.0274. The molecule has 18 heavy (non-hydrogen) atoms. The first kappa shape index (κ1) is 12.4. The van der Waals surface area contributed by atoms with Gasteiger partial charge in [0, 0.05) is 12.7 Å². The highest BCUT2D eigenvalue weighted by Gasteiger charge is 2.10. The predicted octanol–water partition coefficient (Wildman–Crippen LogP) is 1.43. The number of nitrogens with one attached hydrogen (secondary N) is 3. The third-order valence-electron chi connectivity index (χ3n) is 2.31. The summed E-state index contributed by atoms with van der Waals surface area (Å²) in [5, 5.41) is 2.49. The van der Waals surface area contributed by atoms with Crippen molar-refractivity contribution in [2.75, 3.05) is 0 Å². The minimum atomic E-state index is -0.543. The number of rotatable bonds is 3. The molecule has 1 amide bonds. The number of hydrogen-bond donors (Lipinski definition) is 3. The maximum Gasteiger partial charge on any atom is 0.323 e. The number of halogens is 2. The van der Waals surface area contributed by atoms with Gasteiger partial charge in [0.05, 0.1) is 5.02 Å². The predicted molar refractivity (Wildman–Crippen MR) is 64.0 cm³/mol. The van der Waals surface area contributed by atoms with Crippen molar-refractivity contribution in [3.8, 4) is 0 Å². The van der Waals surface area contributed by atoms with E-state index in [2.05, 4.69) is 15.3 Å². The van der Waals surface area contributed by atoms with Crippen LogP contribution in [0, 0.1) is 5.82 Å². The normalized spacial score (nSPS) is 10.3. The lowest BCUT2D eigenvalue weighted by atomic mass is 10.2. The molecule has 0 spiro atoms. The summed E-state index contributed by atoms with van der Waals surface area (Å²) in [4.78, 5) is 27.0. The highest BCUT2D eigenvalue weighted by molar-refractivity contribution is 6.31. The Balaban J connectivity index is 2.06. The molecule has 1 aromatic carbocycles. The minimum Gasteiger partial charge on any atom is -0.347 e.